The number of carbonyl (C=O) groups is 2. The highest BCUT2D eigenvalue weighted by molar-refractivity contribution is 7.91. The molecule has 0 fully saturated rings. The molecular weight excluding hydrogens is 588 g/mol. The number of aromatic nitrogens is 4. The minimum atomic E-state index is -3.90. The largest absolute Gasteiger partial charge is 0.492 e. The summed E-state index contributed by atoms with van der Waals surface area (Å²) in [6.07, 6.45) is 1.46. The first-order valence-electron chi connectivity index (χ1n) is 12.7. The summed E-state index contributed by atoms with van der Waals surface area (Å²) in [5.74, 6) is -0.469. The topological polar surface area (TPSA) is 201 Å². The van der Waals surface area contributed by atoms with Gasteiger partial charge in [-0.3, -0.25) is 9.59 Å². The molecule has 2 heterocycles. The molecule has 0 aliphatic carbocycles. The van der Waals surface area contributed by atoms with Gasteiger partial charge < -0.3 is 24.7 Å². The highest BCUT2D eigenvalue weighted by Gasteiger charge is 2.24. The van der Waals surface area contributed by atoms with Crippen molar-refractivity contribution in [3.8, 4) is 11.5 Å². The number of nitrogens with zero attached hydrogens (tertiary/aromatic N) is 4. The molecule has 4 aromatic rings. The van der Waals surface area contributed by atoms with Gasteiger partial charge in [-0.2, -0.15) is 0 Å². The van der Waals surface area contributed by atoms with E-state index in [1.54, 1.807) is 24.4 Å². The lowest BCUT2D eigenvalue weighted by Gasteiger charge is -2.15. The second-order valence-electron chi connectivity index (χ2n) is 9.11. The van der Waals surface area contributed by atoms with E-state index in [4.69, 9.17) is 29.8 Å². The molecule has 2 aromatic heterocycles. The molecule has 0 aliphatic heterocycles. The first-order chi connectivity index (χ1) is 20.1. The predicted octanol–water partition coefficient (Wildman–Crippen LogP) is 1.42. The number of fused-ring (bicyclic) bond motifs is 1. The Kier molecular flexibility index (Phi) is 10.5. The molecule has 0 radical (unpaired) electrons. The Bertz CT molecular complexity index is 1640. The number of hydrogen-bond donors (Lipinski definition) is 2. The lowest BCUT2D eigenvalue weighted by Crippen LogP contribution is -2.26. The second kappa shape index (κ2) is 14.3. The lowest BCUT2D eigenvalue weighted by atomic mass is 10.0. The number of rotatable bonds is 16. The maximum absolute atomic E-state index is 12.7. The Morgan fingerprint density at radius 2 is 1.90 bits per heavy atom. The summed E-state index contributed by atoms with van der Waals surface area (Å²) in [5.41, 5.74) is 7.26. The first-order valence-corrected chi connectivity index (χ1v) is 15.0. The van der Waals surface area contributed by atoms with Gasteiger partial charge in [-0.1, -0.05) is 17.3 Å². The van der Waals surface area contributed by atoms with Crippen LogP contribution in [-0.4, -0.2) is 67.0 Å². The van der Waals surface area contributed by atoms with Crippen molar-refractivity contribution in [3.63, 3.8) is 0 Å². The van der Waals surface area contributed by atoms with E-state index in [1.165, 1.54) is 11.8 Å². The van der Waals surface area contributed by atoms with E-state index in [9.17, 15) is 18.0 Å². The third-order valence-electron chi connectivity index (χ3n) is 5.78. The Labute approximate surface area is 245 Å². The van der Waals surface area contributed by atoms with Crippen LogP contribution in [0.3, 0.4) is 0 Å². The van der Waals surface area contributed by atoms with Crippen molar-refractivity contribution in [2.24, 2.45) is 16.8 Å². The average molecular weight is 619 g/mol. The van der Waals surface area contributed by atoms with Gasteiger partial charge in [-0.05, 0) is 35.9 Å². The number of ether oxygens (including phenoxy) is 4. The molecule has 0 aliphatic rings. The highest BCUT2D eigenvalue weighted by atomic mass is 32.2. The number of sulfonamides is 1. The average Bonchev–Trinajstić information content (AvgIpc) is 3.61. The van der Waals surface area contributed by atoms with Crippen LogP contribution in [0.1, 0.15) is 17.7 Å². The van der Waals surface area contributed by atoms with Crippen LogP contribution in [0.15, 0.2) is 53.0 Å². The number of ketones is 1. The van der Waals surface area contributed by atoms with Gasteiger partial charge in [0, 0.05) is 13.0 Å². The van der Waals surface area contributed by atoms with Crippen molar-refractivity contribution in [1.29, 1.82) is 0 Å². The molecule has 16 heteroatoms. The van der Waals surface area contributed by atoms with Crippen LogP contribution in [0.4, 0.5) is 0 Å². The predicted molar refractivity (Wildman–Crippen MR) is 151 cm³/mol. The molecule has 0 spiro atoms. The normalized spacial score (nSPS) is 12.3. The number of benzene rings is 2. The van der Waals surface area contributed by atoms with Crippen LogP contribution in [0, 0.1) is 5.92 Å². The number of carbonyl (C=O) groups excluding carboxylic acids is 2. The first kappa shape index (κ1) is 31.0. The maximum atomic E-state index is 12.7. The van der Waals surface area contributed by atoms with Crippen LogP contribution >= 0.6 is 11.3 Å². The summed E-state index contributed by atoms with van der Waals surface area (Å²) < 4.78 is 46.7. The van der Waals surface area contributed by atoms with Crippen molar-refractivity contribution in [2.75, 3.05) is 26.9 Å². The number of primary sulfonamides is 1. The molecule has 1 atom stereocenters. The fraction of sp³-hybridized carbons (Fsp3) is 0.346. The molecule has 0 bridgehead atoms. The minimum Gasteiger partial charge on any atom is -0.492 e. The number of nitrogens with two attached hydrogens (primary N) is 2. The van der Waals surface area contributed by atoms with E-state index in [-0.39, 0.29) is 42.9 Å². The number of thiazole rings is 1. The standard InChI is InChI=1S/C26H30N6O8S2/c1-37-25(34)18(15-38-14-17-3-2-4-21(9-17)39-8-7-27)10-20(33)13-32-12-19(30-31-32)16-40-22-5-6-23-24(11-22)41-26(29-23)42(28,35)36/h2-6,9,11-12,18H,7-8,10,13-16,27H2,1H3,(H2,28,35,36)/t18-/m0/s1. The molecule has 4 N–H and O–H groups in total. The van der Waals surface area contributed by atoms with Crippen molar-refractivity contribution in [1.82, 2.24) is 20.0 Å². The Hall–Kier alpha value is -3.96. The monoisotopic (exact) mass is 618 g/mol. The quantitative estimate of drug-likeness (QED) is 0.171. The van der Waals surface area contributed by atoms with Gasteiger partial charge in [0.25, 0.3) is 10.0 Å². The zero-order chi connectivity index (χ0) is 30.1. The molecule has 42 heavy (non-hydrogen) atoms. The SMILES string of the molecule is COC(=O)[C@H](COCc1cccc(OCCN)c1)CC(=O)Cn1cc(COc2ccc3nc(S(N)(=O)=O)sc3c2)nn1. The van der Waals surface area contributed by atoms with Gasteiger partial charge >= 0.3 is 5.97 Å². The van der Waals surface area contributed by atoms with E-state index < -0.39 is 21.9 Å². The maximum Gasteiger partial charge on any atom is 0.311 e. The van der Waals surface area contributed by atoms with Crippen LogP contribution in [0.5, 0.6) is 11.5 Å². The van der Waals surface area contributed by atoms with Gasteiger partial charge in [0.2, 0.25) is 4.34 Å². The lowest BCUT2D eigenvalue weighted by molar-refractivity contribution is -0.149. The molecule has 0 amide bonds. The fourth-order valence-corrected chi connectivity index (χ4v) is 5.54. The zero-order valence-corrected chi connectivity index (χ0v) is 24.3. The van der Waals surface area contributed by atoms with Gasteiger partial charge in [-0.15, -0.1) is 16.4 Å². The molecule has 0 unspecified atom stereocenters. The molecule has 2 aromatic carbocycles. The molecule has 224 valence electrons. The highest BCUT2D eigenvalue weighted by Crippen LogP contribution is 2.28. The number of hydrogen-bond acceptors (Lipinski definition) is 13. The summed E-state index contributed by atoms with van der Waals surface area (Å²) in [5, 5.41) is 13.1. The van der Waals surface area contributed by atoms with E-state index in [0.29, 0.717) is 40.6 Å². The van der Waals surface area contributed by atoms with Crippen LogP contribution < -0.4 is 20.3 Å². The summed E-state index contributed by atoms with van der Waals surface area (Å²) in [7, 11) is -2.64. The zero-order valence-electron chi connectivity index (χ0n) is 22.7. The molecular formula is C26H30N6O8S2. The third kappa shape index (κ3) is 8.77. The van der Waals surface area contributed by atoms with E-state index in [0.717, 1.165) is 16.9 Å². The summed E-state index contributed by atoms with van der Waals surface area (Å²) in [6, 6.07) is 12.2. The Balaban J connectivity index is 1.27. The van der Waals surface area contributed by atoms with Gasteiger partial charge in [0.1, 0.15) is 37.0 Å². The number of esters is 1. The fourth-order valence-electron chi connectivity index (χ4n) is 3.85. The van der Waals surface area contributed by atoms with Crippen molar-refractivity contribution in [3.05, 3.63) is 59.9 Å². The summed E-state index contributed by atoms with van der Waals surface area (Å²) >= 11 is 0.942. The second-order valence-corrected chi connectivity index (χ2v) is 11.9. The molecule has 4 rings (SSSR count). The molecule has 14 nitrogen and oxygen atoms in total. The van der Waals surface area contributed by atoms with Gasteiger partial charge in [0.15, 0.2) is 5.78 Å². The Morgan fingerprint density at radius 1 is 1.10 bits per heavy atom. The van der Waals surface area contributed by atoms with Crippen molar-refractivity contribution in [2.45, 2.75) is 30.5 Å². The Morgan fingerprint density at radius 3 is 2.67 bits per heavy atom. The van der Waals surface area contributed by atoms with Crippen LogP contribution in [0.25, 0.3) is 10.2 Å². The van der Waals surface area contributed by atoms with Crippen molar-refractivity contribution >= 4 is 43.3 Å². The van der Waals surface area contributed by atoms with Crippen LogP contribution in [0.2, 0.25) is 0 Å². The minimum absolute atomic E-state index is 0.00838. The summed E-state index contributed by atoms with van der Waals surface area (Å²) in [6.45, 7) is 0.954. The number of methoxy groups -OCH3 is 1. The number of Topliss-reactive ketones (excluding diaryl/α,β-unsaturated/α-hetero) is 1. The summed E-state index contributed by atoms with van der Waals surface area (Å²) in [4.78, 5) is 29.0. The molecule has 0 saturated heterocycles. The molecule has 0 saturated carbocycles. The smallest absolute Gasteiger partial charge is 0.311 e. The van der Waals surface area contributed by atoms with Gasteiger partial charge in [0.05, 0.1) is 42.7 Å². The van der Waals surface area contributed by atoms with E-state index >= 15 is 0 Å². The van der Waals surface area contributed by atoms with Crippen molar-refractivity contribution < 1.29 is 37.0 Å². The third-order valence-corrected chi connectivity index (χ3v) is 8.11. The van der Waals surface area contributed by atoms with E-state index in [1.807, 2.05) is 24.3 Å². The van der Waals surface area contributed by atoms with Gasteiger partial charge in [-0.25, -0.2) is 23.2 Å². The van der Waals surface area contributed by atoms with Crippen LogP contribution in [-0.2, 0) is 48.8 Å². The van der Waals surface area contributed by atoms with E-state index in [2.05, 4.69) is 15.3 Å².